The van der Waals surface area contributed by atoms with E-state index in [1.165, 1.54) is 44.1 Å². The van der Waals surface area contributed by atoms with Crippen molar-refractivity contribution in [2.45, 2.75) is 55.2 Å². The van der Waals surface area contributed by atoms with E-state index in [0.29, 0.717) is 16.6 Å². The Hall–Kier alpha value is -0.290. The third kappa shape index (κ3) is 4.95. The lowest BCUT2D eigenvalue weighted by Gasteiger charge is -2.25. The van der Waals surface area contributed by atoms with Gasteiger partial charge in [0.05, 0.1) is 19.8 Å². The van der Waals surface area contributed by atoms with Crippen molar-refractivity contribution in [1.29, 1.82) is 0 Å². The van der Waals surface area contributed by atoms with E-state index >= 15 is 0 Å². The minimum atomic E-state index is 0.409. The Labute approximate surface area is 130 Å². The van der Waals surface area contributed by atoms with Crippen LogP contribution in [0, 0.1) is 0 Å². The fraction of sp³-hybridized carbons (Fsp3) is 0.625. The summed E-state index contributed by atoms with van der Waals surface area (Å²) in [6.07, 6.45) is 8.33. The monoisotopic (exact) mass is 374 g/mol. The molecule has 1 aliphatic carbocycles. The Kier molecular flexibility index (Phi) is 6.44. The van der Waals surface area contributed by atoms with Gasteiger partial charge in [-0.1, -0.05) is 60.4 Å². The first-order valence-corrected chi connectivity index (χ1v) is 8.43. The predicted molar refractivity (Wildman–Crippen MR) is 87.1 cm³/mol. The Morgan fingerprint density at radius 3 is 2.74 bits per heavy atom. The number of alkyl halides is 1. The van der Waals surface area contributed by atoms with Crippen molar-refractivity contribution in [3.8, 4) is 5.75 Å². The zero-order valence-electron chi connectivity index (χ0n) is 11.6. The predicted octanol–water partition coefficient (Wildman–Crippen LogP) is 4.74. The molecule has 0 aromatic heterocycles. The van der Waals surface area contributed by atoms with E-state index in [4.69, 9.17) is 9.47 Å². The van der Waals surface area contributed by atoms with Crippen LogP contribution in [-0.4, -0.2) is 17.1 Å². The van der Waals surface area contributed by atoms with Gasteiger partial charge in [0.25, 0.3) is 0 Å². The number of halogens is 1. The lowest BCUT2D eigenvalue weighted by Crippen LogP contribution is -2.25. The summed E-state index contributed by atoms with van der Waals surface area (Å²) in [5.74, 6) is 0.907. The van der Waals surface area contributed by atoms with Gasteiger partial charge >= 0.3 is 0 Å². The van der Waals surface area contributed by atoms with E-state index in [0.717, 1.165) is 5.75 Å². The normalized spacial score (nSPS) is 24.5. The number of ether oxygens (including phenoxy) is 2. The summed E-state index contributed by atoms with van der Waals surface area (Å²) in [7, 11) is 1.70. The van der Waals surface area contributed by atoms with Gasteiger partial charge in [0.2, 0.25) is 0 Å². The molecule has 0 N–H and O–H groups in total. The van der Waals surface area contributed by atoms with Crippen LogP contribution in [0.25, 0.3) is 0 Å². The Balaban J connectivity index is 1.88. The molecule has 0 radical (unpaired) electrons. The summed E-state index contributed by atoms with van der Waals surface area (Å²) in [5, 5.41) is 0. The Morgan fingerprint density at radius 2 is 1.95 bits per heavy atom. The molecule has 19 heavy (non-hydrogen) atoms. The maximum atomic E-state index is 6.15. The highest BCUT2D eigenvalue weighted by molar-refractivity contribution is 14.1. The van der Waals surface area contributed by atoms with Crippen LogP contribution < -0.4 is 4.74 Å². The van der Waals surface area contributed by atoms with Gasteiger partial charge in [-0.25, -0.2) is 0 Å². The summed E-state index contributed by atoms with van der Waals surface area (Å²) in [6.45, 7) is 0.696. The van der Waals surface area contributed by atoms with E-state index in [9.17, 15) is 0 Å². The van der Waals surface area contributed by atoms with E-state index in [2.05, 4.69) is 34.7 Å². The topological polar surface area (TPSA) is 18.5 Å². The molecule has 2 unspecified atom stereocenters. The second kappa shape index (κ2) is 8.10. The third-order valence-electron chi connectivity index (χ3n) is 3.72. The molecule has 2 atom stereocenters. The van der Waals surface area contributed by atoms with Gasteiger partial charge in [0, 0.05) is 3.92 Å². The summed E-state index contributed by atoms with van der Waals surface area (Å²) < 4.78 is 12.1. The van der Waals surface area contributed by atoms with Crippen LogP contribution in [0.5, 0.6) is 5.75 Å². The first-order valence-electron chi connectivity index (χ1n) is 7.18. The van der Waals surface area contributed by atoms with Crippen LogP contribution in [0.3, 0.4) is 0 Å². The molecule has 1 fully saturated rings. The molecule has 3 heteroatoms. The maximum absolute atomic E-state index is 6.15. The van der Waals surface area contributed by atoms with Crippen LogP contribution in [0.4, 0.5) is 0 Å². The molecular weight excluding hydrogens is 351 g/mol. The summed E-state index contributed by atoms with van der Waals surface area (Å²) in [6, 6.07) is 8.16. The van der Waals surface area contributed by atoms with E-state index in [1.54, 1.807) is 7.11 Å². The van der Waals surface area contributed by atoms with E-state index < -0.39 is 0 Å². The number of methoxy groups -OCH3 is 1. The van der Waals surface area contributed by atoms with Crippen molar-refractivity contribution in [3.63, 3.8) is 0 Å². The highest BCUT2D eigenvalue weighted by Crippen LogP contribution is 2.26. The van der Waals surface area contributed by atoms with Crippen molar-refractivity contribution in [2.24, 2.45) is 0 Å². The molecule has 0 spiro atoms. The zero-order chi connectivity index (χ0) is 13.5. The van der Waals surface area contributed by atoms with Crippen molar-refractivity contribution >= 4 is 22.6 Å². The van der Waals surface area contributed by atoms with Gasteiger partial charge in [-0.05, 0) is 30.5 Å². The lowest BCUT2D eigenvalue weighted by molar-refractivity contribution is 0.0308. The number of benzene rings is 1. The Bertz CT molecular complexity index is 381. The van der Waals surface area contributed by atoms with E-state index in [1.807, 2.05) is 12.1 Å². The standard InChI is InChI=1S/C16H23IO2/c1-18-14-8-6-7-13(11-14)12-19-16-10-5-3-2-4-9-15(16)17/h6-8,11,15-16H,2-5,9-10,12H2,1H3. The van der Waals surface area contributed by atoms with Crippen LogP contribution in [-0.2, 0) is 11.3 Å². The molecule has 2 nitrogen and oxygen atoms in total. The van der Waals surface area contributed by atoms with Gasteiger partial charge in [-0.3, -0.25) is 0 Å². The molecular formula is C16H23IO2. The fourth-order valence-electron chi connectivity index (χ4n) is 2.56. The number of rotatable bonds is 4. The fourth-order valence-corrected chi connectivity index (χ4v) is 3.57. The summed E-state index contributed by atoms with van der Waals surface area (Å²) >= 11 is 2.57. The van der Waals surface area contributed by atoms with Gasteiger partial charge in [-0.2, -0.15) is 0 Å². The van der Waals surface area contributed by atoms with Crippen molar-refractivity contribution in [3.05, 3.63) is 29.8 Å². The molecule has 106 valence electrons. The van der Waals surface area contributed by atoms with Crippen LogP contribution >= 0.6 is 22.6 Å². The number of hydrogen-bond donors (Lipinski definition) is 0. The van der Waals surface area contributed by atoms with Crippen LogP contribution in [0.1, 0.15) is 44.1 Å². The van der Waals surface area contributed by atoms with Gasteiger partial charge in [0.1, 0.15) is 5.75 Å². The van der Waals surface area contributed by atoms with Crippen molar-refractivity contribution in [1.82, 2.24) is 0 Å². The molecule has 0 bridgehead atoms. The summed E-state index contributed by atoms with van der Waals surface area (Å²) in [5.41, 5.74) is 1.20. The number of hydrogen-bond acceptors (Lipinski definition) is 2. The molecule has 0 aliphatic heterocycles. The van der Waals surface area contributed by atoms with Crippen LogP contribution in [0.2, 0.25) is 0 Å². The third-order valence-corrected chi connectivity index (χ3v) is 5.15. The molecule has 2 rings (SSSR count). The molecule has 1 aromatic carbocycles. The Morgan fingerprint density at radius 1 is 1.16 bits per heavy atom. The lowest BCUT2D eigenvalue weighted by atomic mass is 9.98. The summed E-state index contributed by atoms with van der Waals surface area (Å²) in [4.78, 5) is 0. The first kappa shape index (κ1) is 15.1. The minimum absolute atomic E-state index is 0.409. The highest BCUT2D eigenvalue weighted by Gasteiger charge is 2.20. The second-order valence-corrected chi connectivity index (χ2v) is 6.81. The minimum Gasteiger partial charge on any atom is -0.497 e. The average molecular weight is 374 g/mol. The largest absolute Gasteiger partial charge is 0.497 e. The van der Waals surface area contributed by atoms with Crippen LogP contribution in [0.15, 0.2) is 24.3 Å². The molecule has 1 aromatic rings. The van der Waals surface area contributed by atoms with Crippen molar-refractivity contribution in [2.75, 3.05) is 7.11 Å². The highest BCUT2D eigenvalue weighted by atomic mass is 127. The maximum Gasteiger partial charge on any atom is 0.119 e. The quantitative estimate of drug-likeness (QED) is 0.560. The van der Waals surface area contributed by atoms with Gasteiger partial charge in [0.15, 0.2) is 0 Å². The smallest absolute Gasteiger partial charge is 0.119 e. The average Bonchev–Trinajstić information content (AvgIpc) is 2.43. The molecule has 1 aliphatic rings. The molecule has 0 amide bonds. The molecule has 0 heterocycles. The second-order valence-electron chi connectivity index (χ2n) is 5.21. The molecule has 1 saturated carbocycles. The zero-order valence-corrected chi connectivity index (χ0v) is 13.8. The SMILES string of the molecule is COc1cccc(COC2CCCCCCC2I)c1. The van der Waals surface area contributed by atoms with Gasteiger partial charge < -0.3 is 9.47 Å². The van der Waals surface area contributed by atoms with Crippen molar-refractivity contribution < 1.29 is 9.47 Å². The van der Waals surface area contributed by atoms with E-state index in [-0.39, 0.29) is 0 Å². The van der Waals surface area contributed by atoms with Gasteiger partial charge in [-0.15, -0.1) is 0 Å². The first-order chi connectivity index (χ1) is 9.29. The molecule has 0 saturated heterocycles.